The summed E-state index contributed by atoms with van der Waals surface area (Å²) in [5.41, 5.74) is 4.76. The van der Waals surface area contributed by atoms with Crippen molar-refractivity contribution in [3.05, 3.63) is 0 Å². The predicted molar refractivity (Wildman–Crippen MR) is 68.9 cm³/mol. The van der Waals surface area contributed by atoms with Crippen LogP contribution in [0.4, 0.5) is 0 Å². The Morgan fingerprint density at radius 2 is 1.94 bits per heavy atom. The van der Waals surface area contributed by atoms with Crippen LogP contribution in [0.1, 0.15) is 39.5 Å². The lowest BCUT2D eigenvalue weighted by Gasteiger charge is -2.30. The van der Waals surface area contributed by atoms with Gasteiger partial charge in [-0.3, -0.25) is 9.59 Å². The molecule has 1 saturated carbocycles. The standard InChI is InChI=1S/C13H24N2O3/c1-13(2,12(17)18)8-15-11(16)10-6-4-3-5-9(10)7-14/h9-10H,3-8,14H2,1-2H3,(H,15,16)(H,17,18). The number of carbonyl (C=O) groups is 2. The second-order valence-electron chi connectivity index (χ2n) is 5.79. The lowest BCUT2D eigenvalue weighted by atomic mass is 9.78. The van der Waals surface area contributed by atoms with Crippen molar-refractivity contribution in [2.24, 2.45) is 23.0 Å². The first-order valence-corrected chi connectivity index (χ1v) is 6.59. The van der Waals surface area contributed by atoms with E-state index in [1.807, 2.05) is 0 Å². The Bertz CT molecular complexity index is 315. The van der Waals surface area contributed by atoms with Crippen molar-refractivity contribution in [2.75, 3.05) is 13.1 Å². The normalized spacial score (nSPS) is 24.6. The van der Waals surface area contributed by atoms with Gasteiger partial charge in [0.2, 0.25) is 5.91 Å². The van der Waals surface area contributed by atoms with Crippen molar-refractivity contribution in [1.29, 1.82) is 0 Å². The average molecular weight is 256 g/mol. The molecule has 1 rings (SSSR count). The second-order valence-corrected chi connectivity index (χ2v) is 5.79. The minimum absolute atomic E-state index is 0.0422. The van der Waals surface area contributed by atoms with E-state index in [2.05, 4.69) is 5.32 Å². The fraction of sp³-hybridized carbons (Fsp3) is 0.846. The summed E-state index contributed by atoms with van der Waals surface area (Å²) in [6, 6.07) is 0. The van der Waals surface area contributed by atoms with Crippen LogP contribution < -0.4 is 11.1 Å². The molecular formula is C13H24N2O3. The van der Waals surface area contributed by atoms with E-state index < -0.39 is 11.4 Å². The number of aliphatic carboxylic acids is 1. The van der Waals surface area contributed by atoms with Crippen molar-refractivity contribution in [3.63, 3.8) is 0 Å². The highest BCUT2D eigenvalue weighted by molar-refractivity contribution is 5.80. The molecule has 0 aromatic heterocycles. The lowest BCUT2D eigenvalue weighted by Crippen LogP contribution is -2.44. The molecule has 0 aliphatic heterocycles. The third-order valence-corrected chi connectivity index (χ3v) is 3.83. The van der Waals surface area contributed by atoms with Crippen LogP contribution in [0.25, 0.3) is 0 Å². The van der Waals surface area contributed by atoms with Gasteiger partial charge in [0.25, 0.3) is 0 Å². The molecule has 0 heterocycles. The highest BCUT2D eigenvalue weighted by Crippen LogP contribution is 2.29. The number of carboxylic acid groups (broad SMARTS) is 1. The Balaban J connectivity index is 2.51. The van der Waals surface area contributed by atoms with E-state index in [1.165, 1.54) is 0 Å². The van der Waals surface area contributed by atoms with Gasteiger partial charge < -0.3 is 16.2 Å². The summed E-state index contributed by atoms with van der Waals surface area (Å²) in [5.74, 6) is -0.749. The maximum atomic E-state index is 12.1. The van der Waals surface area contributed by atoms with Crippen LogP contribution >= 0.6 is 0 Å². The zero-order chi connectivity index (χ0) is 13.8. The van der Waals surface area contributed by atoms with Gasteiger partial charge in [-0.15, -0.1) is 0 Å². The number of carbonyl (C=O) groups excluding carboxylic acids is 1. The molecule has 0 spiro atoms. The summed E-state index contributed by atoms with van der Waals surface area (Å²) in [5, 5.41) is 11.8. The molecule has 4 N–H and O–H groups in total. The number of nitrogens with two attached hydrogens (primary N) is 1. The van der Waals surface area contributed by atoms with E-state index in [0.717, 1.165) is 25.7 Å². The molecule has 1 fully saturated rings. The van der Waals surface area contributed by atoms with E-state index in [1.54, 1.807) is 13.8 Å². The average Bonchev–Trinajstić information content (AvgIpc) is 2.35. The topological polar surface area (TPSA) is 92.4 Å². The molecule has 104 valence electrons. The number of amides is 1. The number of rotatable bonds is 5. The van der Waals surface area contributed by atoms with Gasteiger partial charge in [-0.05, 0) is 39.2 Å². The van der Waals surface area contributed by atoms with Crippen molar-refractivity contribution in [3.8, 4) is 0 Å². The molecule has 18 heavy (non-hydrogen) atoms. The molecule has 1 aliphatic carbocycles. The first kappa shape index (κ1) is 15.0. The van der Waals surface area contributed by atoms with Crippen LogP contribution in [-0.2, 0) is 9.59 Å². The Labute approximate surface area is 108 Å². The molecule has 2 unspecified atom stereocenters. The zero-order valence-corrected chi connectivity index (χ0v) is 11.2. The SMILES string of the molecule is CC(C)(CNC(=O)C1CCCCC1CN)C(=O)O. The molecule has 0 aromatic rings. The van der Waals surface area contributed by atoms with Crippen molar-refractivity contribution in [1.82, 2.24) is 5.32 Å². The summed E-state index contributed by atoms with van der Waals surface area (Å²) >= 11 is 0. The minimum Gasteiger partial charge on any atom is -0.481 e. The molecule has 0 bridgehead atoms. The molecule has 0 saturated heterocycles. The summed E-state index contributed by atoms with van der Waals surface area (Å²) in [6.07, 6.45) is 4.04. The van der Waals surface area contributed by atoms with E-state index in [0.29, 0.717) is 6.54 Å². The largest absolute Gasteiger partial charge is 0.481 e. The Morgan fingerprint density at radius 3 is 2.50 bits per heavy atom. The van der Waals surface area contributed by atoms with E-state index in [-0.39, 0.29) is 24.3 Å². The summed E-state index contributed by atoms with van der Waals surface area (Å²) in [4.78, 5) is 23.0. The maximum absolute atomic E-state index is 12.1. The Kier molecular flexibility index (Phi) is 5.14. The number of carboxylic acids is 1. The van der Waals surface area contributed by atoms with Gasteiger partial charge in [0.05, 0.1) is 5.41 Å². The highest BCUT2D eigenvalue weighted by atomic mass is 16.4. The van der Waals surface area contributed by atoms with Crippen LogP contribution in [0.5, 0.6) is 0 Å². The van der Waals surface area contributed by atoms with Crippen LogP contribution in [0.2, 0.25) is 0 Å². The van der Waals surface area contributed by atoms with Crippen LogP contribution in [0.3, 0.4) is 0 Å². The molecular weight excluding hydrogens is 232 g/mol. The fourth-order valence-electron chi connectivity index (χ4n) is 2.35. The summed E-state index contributed by atoms with van der Waals surface area (Å²) in [6.45, 7) is 3.91. The van der Waals surface area contributed by atoms with Crippen LogP contribution in [0.15, 0.2) is 0 Å². The molecule has 0 aromatic carbocycles. The van der Waals surface area contributed by atoms with Gasteiger partial charge in [-0.1, -0.05) is 12.8 Å². The molecule has 1 aliphatic rings. The Hall–Kier alpha value is -1.10. The first-order chi connectivity index (χ1) is 8.38. The van der Waals surface area contributed by atoms with Gasteiger partial charge in [0, 0.05) is 12.5 Å². The van der Waals surface area contributed by atoms with Crippen LogP contribution in [-0.4, -0.2) is 30.1 Å². The molecule has 1 amide bonds. The molecule has 5 nitrogen and oxygen atoms in total. The molecule has 5 heteroatoms. The minimum atomic E-state index is -0.928. The Morgan fingerprint density at radius 1 is 1.33 bits per heavy atom. The monoisotopic (exact) mass is 256 g/mol. The summed E-state index contributed by atoms with van der Waals surface area (Å²) in [7, 11) is 0. The molecule has 0 radical (unpaired) electrons. The van der Waals surface area contributed by atoms with Gasteiger partial charge in [0.15, 0.2) is 0 Å². The van der Waals surface area contributed by atoms with Crippen molar-refractivity contribution < 1.29 is 14.7 Å². The number of nitrogens with one attached hydrogen (secondary N) is 1. The second kappa shape index (κ2) is 6.18. The fourth-order valence-corrected chi connectivity index (χ4v) is 2.35. The highest BCUT2D eigenvalue weighted by Gasteiger charge is 2.32. The molecule has 2 atom stereocenters. The maximum Gasteiger partial charge on any atom is 0.310 e. The van der Waals surface area contributed by atoms with Crippen molar-refractivity contribution in [2.45, 2.75) is 39.5 Å². The van der Waals surface area contributed by atoms with Gasteiger partial charge >= 0.3 is 5.97 Å². The van der Waals surface area contributed by atoms with Crippen molar-refractivity contribution >= 4 is 11.9 Å². The van der Waals surface area contributed by atoms with Gasteiger partial charge in [-0.2, -0.15) is 0 Å². The lowest BCUT2D eigenvalue weighted by molar-refractivity contribution is -0.147. The zero-order valence-electron chi connectivity index (χ0n) is 11.2. The van der Waals surface area contributed by atoms with E-state index in [9.17, 15) is 9.59 Å². The van der Waals surface area contributed by atoms with E-state index in [4.69, 9.17) is 10.8 Å². The van der Waals surface area contributed by atoms with Gasteiger partial charge in [0.1, 0.15) is 0 Å². The van der Waals surface area contributed by atoms with E-state index >= 15 is 0 Å². The van der Waals surface area contributed by atoms with Crippen LogP contribution in [0, 0.1) is 17.3 Å². The van der Waals surface area contributed by atoms with Gasteiger partial charge in [-0.25, -0.2) is 0 Å². The predicted octanol–water partition coefficient (Wildman–Crippen LogP) is 0.979. The number of hydrogen-bond acceptors (Lipinski definition) is 3. The number of hydrogen-bond donors (Lipinski definition) is 3. The third-order valence-electron chi connectivity index (χ3n) is 3.83. The smallest absolute Gasteiger partial charge is 0.310 e. The first-order valence-electron chi connectivity index (χ1n) is 6.59. The third kappa shape index (κ3) is 3.70. The quantitative estimate of drug-likeness (QED) is 0.683. The summed E-state index contributed by atoms with van der Waals surface area (Å²) < 4.78 is 0.